The van der Waals surface area contributed by atoms with Crippen molar-refractivity contribution in [2.75, 3.05) is 14.1 Å². The first-order valence-electron chi connectivity index (χ1n) is 4.97. The molecular formula is C13H17NO. The van der Waals surface area contributed by atoms with E-state index in [1.165, 1.54) is 5.56 Å². The summed E-state index contributed by atoms with van der Waals surface area (Å²) < 4.78 is 0. The SMILES string of the molecule is Cc1ccc(C(=O)C=CN(C)C)c(C)c1. The summed E-state index contributed by atoms with van der Waals surface area (Å²) in [6, 6.07) is 5.87. The molecule has 0 heterocycles. The van der Waals surface area contributed by atoms with Gasteiger partial charge in [-0.2, -0.15) is 0 Å². The summed E-state index contributed by atoms with van der Waals surface area (Å²) in [6.07, 6.45) is 3.36. The Morgan fingerprint density at radius 2 is 1.93 bits per heavy atom. The average Bonchev–Trinajstić information content (AvgIpc) is 2.14. The molecule has 0 aliphatic carbocycles. The van der Waals surface area contributed by atoms with Crippen LogP contribution in [0.3, 0.4) is 0 Å². The van der Waals surface area contributed by atoms with E-state index < -0.39 is 0 Å². The lowest BCUT2D eigenvalue weighted by Crippen LogP contribution is -2.04. The van der Waals surface area contributed by atoms with Gasteiger partial charge in [0.2, 0.25) is 0 Å². The molecule has 0 spiro atoms. The fraction of sp³-hybridized carbons (Fsp3) is 0.308. The molecule has 15 heavy (non-hydrogen) atoms. The van der Waals surface area contributed by atoms with Crippen molar-refractivity contribution in [3.63, 3.8) is 0 Å². The van der Waals surface area contributed by atoms with Crippen LogP contribution in [-0.4, -0.2) is 24.8 Å². The zero-order chi connectivity index (χ0) is 11.4. The van der Waals surface area contributed by atoms with Gasteiger partial charge in [0, 0.05) is 31.9 Å². The molecule has 80 valence electrons. The van der Waals surface area contributed by atoms with Crippen LogP contribution >= 0.6 is 0 Å². The smallest absolute Gasteiger partial charge is 0.187 e. The first-order chi connectivity index (χ1) is 7.00. The predicted octanol–water partition coefficient (Wildman–Crippen LogP) is 2.56. The summed E-state index contributed by atoms with van der Waals surface area (Å²) in [5, 5.41) is 0. The van der Waals surface area contributed by atoms with Gasteiger partial charge in [-0.15, -0.1) is 0 Å². The van der Waals surface area contributed by atoms with Gasteiger partial charge >= 0.3 is 0 Å². The summed E-state index contributed by atoms with van der Waals surface area (Å²) in [4.78, 5) is 13.6. The van der Waals surface area contributed by atoms with Crippen LogP contribution in [0.4, 0.5) is 0 Å². The van der Waals surface area contributed by atoms with E-state index in [0.717, 1.165) is 11.1 Å². The number of carbonyl (C=O) groups excluding carboxylic acids is 1. The van der Waals surface area contributed by atoms with Gasteiger partial charge in [-0.25, -0.2) is 0 Å². The van der Waals surface area contributed by atoms with Crippen LogP contribution in [0.2, 0.25) is 0 Å². The number of rotatable bonds is 3. The van der Waals surface area contributed by atoms with Crippen LogP contribution in [0.15, 0.2) is 30.5 Å². The molecule has 1 rings (SSSR count). The standard InChI is InChI=1S/C13H17NO/c1-10-5-6-12(11(2)9-10)13(15)7-8-14(3)4/h5-9H,1-4H3. The van der Waals surface area contributed by atoms with Crippen molar-refractivity contribution in [3.8, 4) is 0 Å². The lowest BCUT2D eigenvalue weighted by atomic mass is 10.0. The predicted molar refractivity (Wildman–Crippen MR) is 63.1 cm³/mol. The topological polar surface area (TPSA) is 20.3 Å². The molecule has 0 aliphatic rings. The van der Waals surface area contributed by atoms with Gasteiger partial charge in [-0.1, -0.05) is 23.8 Å². The molecule has 0 aliphatic heterocycles. The lowest BCUT2D eigenvalue weighted by molar-refractivity contribution is 0.104. The van der Waals surface area contributed by atoms with Gasteiger partial charge < -0.3 is 4.90 Å². The minimum atomic E-state index is 0.0567. The summed E-state index contributed by atoms with van der Waals surface area (Å²) in [7, 11) is 3.79. The highest BCUT2D eigenvalue weighted by molar-refractivity contribution is 6.05. The van der Waals surface area contributed by atoms with Crippen molar-refractivity contribution in [2.24, 2.45) is 0 Å². The number of allylic oxidation sites excluding steroid dienone is 1. The second-order valence-corrected chi connectivity index (χ2v) is 3.96. The number of benzene rings is 1. The molecule has 0 radical (unpaired) electrons. The quantitative estimate of drug-likeness (QED) is 0.556. The second kappa shape index (κ2) is 4.78. The third-order valence-electron chi connectivity index (χ3n) is 2.17. The first kappa shape index (κ1) is 11.5. The third-order valence-corrected chi connectivity index (χ3v) is 2.17. The average molecular weight is 203 g/mol. The van der Waals surface area contributed by atoms with E-state index in [4.69, 9.17) is 0 Å². The fourth-order valence-corrected chi connectivity index (χ4v) is 1.40. The van der Waals surface area contributed by atoms with Gasteiger partial charge in [0.15, 0.2) is 5.78 Å². The molecule has 1 aromatic carbocycles. The van der Waals surface area contributed by atoms with E-state index in [0.29, 0.717) is 0 Å². The minimum absolute atomic E-state index is 0.0567. The first-order valence-corrected chi connectivity index (χ1v) is 4.97. The van der Waals surface area contributed by atoms with Crippen molar-refractivity contribution in [1.29, 1.82) is 0 Å². The lowest BCUT2D eigenvalue weighted by Gasteiger charge is -2.05. The largest absolute Gasteiger partial charge is 0.383 e. The van der Waals surface area contributed by atoms with Gasteiger partial charge in [0.1, 0.15) is 0 Å². The van der Waals surface area contributed by atoms with Crippen molar-refractivity contribution in [3.05, 3.63) is 47.2 Å². The number of carbonyl (C=O) groups is 1. The molecule has 0 bridgehead atoms. The molecule has 0 saturated heterocycles. The Kier molecular flexibility index (Phi) is 3.67. The van der Waals surface area contributed by atoms with Crippen LogP contribution in [0.1, 0.15) is 21.5 Å². The van der Waals surface area contributed by atoms with E-state index in [2.05, 4.69) is 0 Å². The van der Waals surface area contributed by atoms with E-state index in [1.54, 1.807) is 12.3 Å². The van der Waals surface area contributed by atoms with E-state index >= 15 is 0 Å². The monoisotopic (exact) mass is 203 g/mol. The van der Waals surface area contributed by atoms with Gasteiger partial charge in [0.05, 0.1) is 0 Å². The molecule has 0 fully saturated rings. The Labute approximate surface area is 91.2 Å². The van der Waals surface area contributed by atoms with Crippen LogP contribution in [0, 0.1) is 13.8 Å². The van der Waals surface area contributed by atoms with Crippen LogP contribution < -0.4 is 0 Å². The summed E-state index contributed by atoms with van der Waals surface area (Å²) in [5.41, 5.74) is 2.99. The summed E-state index contributed by atoms with van der Waals surface area (Å²) >= 11 is 0. The van der Waals surface area contributed by atoms with Gasteiger partial charge in [-0.05, 0) is 19.4 Å². The molecule has 0 atom stereocenters. The Balaban J connectivity index is 2.92. The summed E-state index contributed by atoms with van der Waals surface area (Å²) in [5.74, 6) is 0.0567. The maximum Gasteiger partial charge on any atom is 0.187 e. The highest BCUT2D eigenvalue weighted by Gasteiger charge is 2.05. The van der Waals surface area contributed by atoms with Crippen molar-refractivity contribution in [2.45, 2.75) is 13.8 Å². The zero-order valence-electron chi connectivity index (χ0n) is 9.74. The maximum atomic E-state index is 11.8. The molecule has 0 aromatic heterocycles. The molecule has 2 heteroatoms. The molecule has 0 unspecified atom stereocenters. The summed E-state index contributed by atoms with van der Waals surface area (Å²) in [6.45, 7) is 3.99. The molecule has 0 saturated carbocycles. The molecule has 0 amide bonds. The van der Waals surface area contributed by atoms with E-state index in [-0.39, 0.29) is 5.78 Å². The Morgan fingerprint density at radius 1 is 1.27 bits per heavy atom. The van der Waals surface area contributed by atoms with Gasteiger partial charge in [-0.3, -0.25) is 4.79 Å². The van der Waals surface area contributed by atoms with Crippen LogP contribution in [0.5, 0.6) is 0 Å². The minimum Gasteiger partial charge on any atom is -0.383 e. The molecular weight excluding hydrogens is 186 g/mol. The number of aryl methyl sites for hydroxylation is 2. The zero-order valence-corrected chi connectivity index (χ0v) is 9.74. The number of nitrogens with zero attached hydrogens (tertiary/aromatic N) is 1. The maximum absolute atomic E-state index is 11.8. The Morgan fingerprint density at radius 3 is 2.47 bits per heavy atom. The highest BCUT2D eigenvalue weighted by Crippen LogP contribution is 2.11. The van der Waals surface area contributed by atoms with Crippen molar-refractivity contribution < 1.29 is 4.79 Å². The molecule has 0 N–H and O–H groups in total. The van der Waals surface area contributed by atoms with Gasteiger partial charge in [0.25, 0.3) is 0 Å². The second-order valence-electron chi connectivity index (χ2n) is 3.96. The van der Waals surface area contributed by atoms with E-state index in [1.807, 2.05) is 51.0 Å². The van der Waals surface area contributed by atoms with Crippen molar-refractivity contribution >= 4 is 5.78 Å². The third kappa shape index (κ3) is 3.24. The molecule has 1 aromatic rings. The molecule has 2 nitrogen and oxygen atoms in total. The Bertz CT molecular complexity index is 392. The fourth-order valence-electron chi connectivity index (χ4n) is 1.40. The van der Waals surface area contributed by atoms with Crippen molar-refractivity contribution in [1.82, 2.24) is 4.90 Å². The Hall–Kier alpha value is -1.57. The van der Waals surface area contributed by atoms with Crippen LogP contribution in [-0.2, 0) is 0 Å². The number of hydrogen-bond acceptors (Lipinski definition) is 2. The van der Waals surface area contributed by atoms with E-state index in [9.17, 15) is 4.79 Å². The van der Waals surface area contributed by atoms with Crippen LogP contribution in [0.25, 0.3) is 0 Å². The number of hydrogen-bond donors (Lipinski definition) is 0. The highest BCUT2D eigenvalue weighted by atomic mass is 16.1. The number of ketones is 1. The normalized spacial score (nSPS) is 10.7.